The van der Waals surface area contributed by atoms with Crippen molar-refractivity contribution in [3.05, 3.63) is 0 Å². The molecule has 0 N–H and O–H groups in total. The Hall–Kier alpha value is 1.01. The molecule has 0 fully saturated rings. The van der Waals surface area contributed by atoms with Crippen LogP contribution >= 0.6 is 27.8 Å². The van der Waals surface area contributed by atoms with E-state index in [2.05, 4.69) is 48.5 Å². The summed E-state index contributed by atoms with van der Waals surface area (Å²) in [6, 6.07) is 0. The van der Waals surface area contributed by atoms with Crippen LogP contribution in [0.3, 0.4) is 0 Å². The summed E-state index contributed by atoms with van der Waals surface area (Å²) in [5.41, 5.74) is 0. The van der Waals surface area contributed by atoms with E-state index in [1.54, 1.807) is 0 Å². The molecule has 0 aromatic heterocycles. The first-order chi connectivity index (χ1) is 5.36. The predicted molar refractivity (Wildman–Crippen MR) is 68.7 cm³/mol. The van der Waals surface area contributed by atoms with Crippen LogP contribution < -0.4 is 0 Å². The van der Waals surface area contributed by atoms with Crippen molar-refractivity contribution >= 4 is 27.8 Å². The molecule has 0 unspecified atom stereocenters. The van der Waals surface area contributed by atoms with Crippen LogP contribution in [-0.4, -0.2) is 16.5 Å². The Morgan fingerprint density at radius 1 is 0.846 bits per heavy atom. The molecule has 0 bridgehead atoms. The van der Waals surface area contributed by atoms with E-state index in [9.17, 15) is 0 Å². The molecule has 13 heavy (non-hydrogen) atoms. The summed E-state index contributed by atoms with van der Waals surface area (Å²) in [4.78, 5) is 0. The molecule has 0 atom stereocenters. The van der Waals surface area contributed by atoms with Gasteiger partial charge in [0.15, 0.2) is 0 Å². The maximum absolute atomic E-state index is 6.83. The molecule has 0 aromatic carbocycles. The van der Waals surface area contributed by atoms with Gasteiger partial charge in [-0.05, 0) is 0 Å². The Kier molecular flexibility index (Phi) is 3.51. The third-order valence-corrected chi connectivity index (χ3v) is 17.1. The fraction of sp³-hybridized carbons (Fsp3) is 1.00. The second-order valence-electron chi connectivity index (χ2n) is 5.73. The monoisotopic (exact) mass is 244 g/mol. The van der Waals surface area contributed by atoms with Crippen molar-refractivity contribution in [3.63, 3.8) is 0 Å². The second-order valence-corrected chi connectivity index (χ2v) is 16.2. The maximum atomic E-state index is 6.83. The van der Waals surface area contributed by atoms with Crippen LogP contribution in [0.1, 0.15) is 48.5 Å². The van der Waals surface area contributed by atoms with E-state index >= 15 is 0 Å². The fourth-order valence-corrected chi connectivity index (χ4v) is 5.86. The van der Waals surface area contributed by atoms with Crippen LogP contribution in [0.15, 0.2) is 0 Å². The first-order valence-corrected chi connectivity index (χ1v) is 9.04. The van der Waals surface area contributed by atoms with Gasteiger partial charge >= 0.3 is 92.7 Å². The van der Waals surface area contributed by atoms with Gasteiger partial charge in [-0.15, -0.1) is 0 Å². The van der Waals surface area contributed by atoms with Crippen molar-refractivity contribution < 1.29 is 0 Å². The Morgan fingerprint density at radius 2 is 1.08 bits per heavy atom. The van der Waals surface area contributed by atoms with E-state index in [-0.39, 0.29) is 10.3 Å². The van der Waals surface area contributed by atoms with Crippen LogP contribution in [0.2, 0.25) is 0 Å². The Bertz CT molecular complexity index is 178. The average Bonchev–Trinajstić information content (AvgIpc) is 1.83. The summed E-state index contributed by atoms with van der Waals surface area (Å²) in [6.45, 7) is 15.0. The van der Waals surface area contributed by atoms with Crippen LogP contribution in [-0.2, 0) is 0 Å². The molecule has 0 spiro atoms. The first-order valence-electron chi connectivity index (χ1n) is 4.81. The van der Waals surface area contributed by atoms with Gasteiger partial charge in [-0.25, -0.2) is 0 Å². The van der Waals surface area contributed by atoms with Gasteiger partial charge in [0.2, 0.25) is 0 Å². The molecule has 0 nitrogen and oxygen atoms in total. The number of rotatable bonds is 1. The van der Waals surface area contributed by atoms with Gasteiger partial charge in [-0.3, -0.25) is 0 Å². The average molecular weight is 245 g/mol. The van der Waals surface area contributed by atoms with Crippen molar-refractivity contribution in [2.75, 3.05) is 6.16 Å². The molecular weight excluding hydrogens is 222 g/mol. The predicted octanol–water partition coefficient (Wildman–Crippen LogP) is 5.46. The van der Waals surface area contributed by atoms with Crippen LogP contribution in [0.4, 0.5) is 0 Å². The molecule has 0 aliphatic carbocycles. The number of halogens is 2. The van der Waals surface area contributed by atoms with Gasteiger partial charge in [-0.2, -0.15) is 0 Å². The Morgan fingerprint density at radius 3 is 1.08 bits per heavy atom. The van der Waals surface area contributed by atoms with Crippen molar-refractivity contribution in [1.29, 1.82) is 0 Å². The van der Waals surface area contributed by atoms with Crippen LogP contribution in [0, 0.1) is 0 Å². The van der Waals surface area contributed by atoms with Crippen LogP contribution in [0.5, 0.6) is 0 Å². The van der Waals surface area contributed by atoms with Crippen molar-refractivity contribution in [1.82, 2.24) is 0 Å². The van der Waals surface area contributed by atoms with Crippen LogP contribution in [0.25, 0.3) is 0 Å². The third-order valence-electron chi connectivity index (χ3n) is 3.19. The Balaban J connectivity index is 5.50. The molecule has 0 saturated carbocycles. The van der Waals surface area contributed by atoms with E-state index in [4.69, 9.17) is 22.5 Å². The van der Waals surface area contributed by atoms with E-state index in [1.807, 2.05) is 0 Å². The molecule has 0 aliphatic heterocycles. The fourth-order valence-electron chi connectivity index (χ4n) is 1.95. The van der Waals surface area contributed by atoms with Gasteiger partial charge in [-0.1, -0.05) is 0 Å². The minimum atomic E-state index is -2.66. The third kappa shape index (κ3) is 1.87. The number of hydrogen-bond donors (Lipinski definition) is 0. The molecule has 0 aromatic rings. The summed E-state index contributed by atoms with van der Waals surface area (Å²) in [5, 5.41) is -2.68. The van der Waals surface area contributed by atoms with Gasteiger partial charge in [0.25, 0.3) is 0 Å². The summed E-state index contributed by atoms with van der Waals surface area (Å²) >= 11 is 13.7. The summed E-state index contributed by atoms with van der Waals surface area (Å²) in [5.74, 6) is 0. The van der Waals surface area contributed by atoms with E-state index in [0.29, 0.717) is 0 Å². The van der Waals surface area contributed by atoms with Gasteiger partial charge < -0.3 is 0 Å². The molecule has 0 radical (unpaired) electrons. The quantitative estimate of drug-likeness (QED) is 0.538. The van der Waals surface area contributed by atoms with E-state index in [0.717, 1.165) is 6.16 Å². The zero-order valence-corrected chi connectivity index (χ0v) is 12.3. The Labute approximate surface area is 92.9 Å². The molecule has 82 valence electrons. The van der Waals surface area contributed by atoms with Crippen molar-refractivity contribution in [2.24, 2.45) is 0 Å². The molecule has 0 aliphatic rings. The van der Waals surface area contributed by atoms with Gasteiger partial charge in [0.05, 0.1) is 0 Å². The van der Waals surface area contributed by atoms with E-state index in [1.165, 1.54) is 0 Å². The number of hydrogen-bond acceptors (Lipinski definition) is 0. The molecule has 3 heteroatoms. The zero-order valence-electron chi connectivity index (χ0n) is 9.91. The minimum absolute atomic E-state index is 0.0122. The van der Waals surface area contributed by atoms with Gasteiger partial charge in [0.1, 0.15) is 0 Å². The summed E-state index contributed by atoms with van der Waals surface area (Å²) in [7, 11) is 0. The summed E-state index contributed by atoms with van der Waals surface area (Å²) in [6.07, 6.45) is 0.877. The summed E-state index contributed by atoms with van der Waals surface area (Å²) < 4.78 is 0. The van der Waals surface area contributed by atoms with Crippen molar-refractivity contribution in [2.45, 2.75) is 58.8 Å². The standard InChI is InChI=1S/C10H23Cl2P/c1-8-13(11,12,9(2,3)4)10(5,6)7/h8H2,1-7H3. The molecule has 0 heterocycles. The molecule has 0 amide bonds. The molecule has 0 saturated heterocycles. The van der Waals surface area contributed by atoms with E-state index < -0.39 is 5.31 Å². The molecule has 0 rings (SSSR count). The molecular formula is C10H23Cl2P. The second kappa shape index (κ2) is 3.26. The topological polar surface area (TPSA) is 0 Å². The first kappa shape index (κ1) is 14.0. The normalized spacial score (nSPS) is 18.1. The van der Waals surface area contributed by atoms with Crippen molar-refractivity contribution in [3.8, 4) is 0 Å². The van der Waals surface area contributed by atoms with Gasteiger partial charge in [0, 0.05) is 0 Å². The SMILES string of the molecule is CCP(Cl)(Cl)(C(C)(C)C)C(C)(C)C. The zero-order chi connectivity index (χ0) is 11.2.